The largest absolute Gasteiger partial charge is 0.422 e. The Hall–Kier alpha value is -2.03. The lowest BCUT2D eigenvalue weighted by Gasteiger charge is -2.43. The molecule has 1 aromatic carbocycles. The van der Waals surface area contributed by atoms with Crippen LogP contribution in [-0.2, 0) is 11.8 Å². The van der Waals surface area contributed by atoms with Crippen molar-refractivity contribution in [2.75, 3.05) is 18.0 Å². The summed E-state index contributed by atoms with van der Waals surface area (Å²) in [5.41, 5.74) is 5.34. The van der Waals surface area contributed by atoms with Gasteiger partial charge in [-0.3, -0.25) is 0 Å². The third kappa shape index (κ3) is 2.13. The Morgan fingerprint density at radius 1 is 1.26 bits per heavy atom. The van der Waals surface area contributed by atoms with E-state index >= 15 is 0 Å². The van der Waals surface area contributed by atoms with E-state index in [9.17, 15) is 4.79 Å². The van der Waals surface area contributed by atoms with Crippen LogP contribution in [0.15, 0.2) is 27.4 Å². The Morgan fingerprint density at radius 2 is 2.09 bits per heavy atom. The summed E-state index contributed by atoms with van der Waals surface area (Å²) in [6.45, 7) is 8.78. The molecule has 23 heavy (non-hydrogen) atoms. The highest BCUT2D eigenvalue weighted by Gasteiger charge is 2.35. The molecule has 0 radical (unpaired) electrons. The van der Waals surface area contributed by atoms with E-state index in [0.29, 0.717) is 5.56 Å². The summed E-state index contributed by atoms with van der Waals surface area (Å²) in [7, 11) is 0. The Balaban J connectivity index is 2.09. The minimum absolute atomic E-state index is 0.170. The van der Waals surface area contributed by atoms with Crippen LogP contribution < -0.4 is 10.5 Å². The molecule has 2 aliphatic heterocycles. The van der Waals surface area contributed by atoms with Crippen LogP contribution in [0.3, 0.4) is 0 Å². The standard InChI is InChI=1S/C20H23NO2/c1-4-6-13-11-14-12-16-17-15(18(14)23-19(13)22)7-5-9-21(17)10-8-20(16,2)3/h4,6,11-12H,5,7-10H2,1-3H3/b6-4+. The van der Waals surface area contributed by atoms with Crippen molar-refractivity contribution in [2.45, 2.75) is 45.4 Å². The average molecular weight is 309 g/mol. The first-order valence-electron chi connectivity index (χ1n) is 8.53. The van der Waals surface area contributed by atoms with Gasteiger partial charge < -0.3 is 9.32 Å². The number of anilines is 1. The summed E-state index contributed by atoms with van der Waals surface area (Å²) >= 11 is 0. The molecule has 120 valence electrons. The monoisotopic (exact) mass is 309 g/mol. The highest BCUT2D eigenvalue weighted by atomic mass is 16.4. The number of fused-ring (bicyclic) bond motifs is 2. The van der Waals surface area contributed by atoms with Crippen molar-refractivity contribution in [2.24, 2.45) is 0 Å². The van der Waals surface area contributed by atoms with Gasteiger partial charge in [-0.05, 0) is 49.3 Å². The van der Waals surface area contributed by atoms with Crippen molar-refractivity contribution in [3.05, 3.63) is 45.3 Å². The summed E-state index contributed by atoms with van der Waals surface area (Å²) in [4.78, 5) is 14.7. The third-order valence-electron chi connectivity index (χ3n) is 5.37. The van der Waals surface area contributed by atoms with E-state index in [-0.39, 0.29) is 11.0 Å². The highest BCUT2D eigenvalue weighted by Crippen LogP contribution is 2.46. The van der Waals surface area contributed by atoms with E-state index in [1.165, 1.54) is 23.2 Å². The van der Waals surface area contributed by atoms with Crippen molar-refractivity contribution in [3.63, 3.8) is 0 Å². The molecule has 0 spiro atoms. The van der Waals surface area contributed by atoms with Gasteiger partial charge in [0, 0.05) is 29.7 Å². The molecule has 2 aromatic rings. The fraction of sp³-hybridized carbons (Fsp3) is 0.450. The normalized spacial score (nSPS) is 19.3. The number of benzene rings is 1. The molecule has 4 rings (SSSR count). The molecule has 0 N–H and O–H groups in total. The molecule has 0 bridgehead atoms. The number of hydrogen-bond acceptors (Lipinski definition) is 3. The summed E-state index contributed by atoms with van der Waals surface area (Å²) in [5.74, 6) is 0. The molecule has 3 heterocycles. The van der Waals surface area contributed by atoms with E-state index in [2.05, 4.69) is 24.8 Å². The Kier molecular flexibility index (Phi) is 3.15. The summed E-state index contributed by atoms with van der Waals surface area (Å²) < 4.78 is 5.75. The number of nitrogens with zero attached hydrogens (tertiary/aromatic N) is 1. The second-order valence-electron chi connectivity index (χ2n) is 7.38. The van der Waals surface area contributed by atoms with Crippen LogP contribution in [0.5, 0.6) is 0 Å². The van der Waals surface area contributed by atoms with Gasteiger partial charge in [-0.25, -0.2) is 4.79 Å². The van der Waals surface area contributed by atoms with Gasteiger partial charge in [-0.15, -0.1) is 0 Å². The molecule has 0 atom stereocenters. The minimum Gasteiger partial charge on any atom is -0.422 e. The van der Waals surface area contributed by atoms with Gasteiger partial charge in [0.2, 0.25) is 0 Å². The number of aryl methyl sites for hydroxylation is 1. The maximum Gasteiger partial charge on any atom is 0.343 e. The second kappa shape index (κ2) is 4.98. The molecule has 0 aliphatic carbocycles. The lowest BCUT2D eigenvalue weighted by atomic mass is 9.74. The topological polar surface area (TPSA) is 33.5 Å². The fourth-order valence-corrected chi connectivity index (χ4v) is 4.08. The maximum atomic E-state index is 12.3. The van der Waals surface area contributed by atoms with Crippen LogP contribution in [0, 0.1) is 0 Å². The van der Waals surface area contributed by atoms with Gasteiger partial charge in [-0.2, -0.15) is 0 Å². The molecule has 0 unspecified atom stereocenters. The highest BCUT2D eigenvalue weighted by molar-refractivity contribution is 5.90. The molecular formula is C20H23NO2. The van der Waals surface area contributed by atoms with Crippen LogP contribution >= 0.6 is 0 Å². The molecule has 3 nitrogen and oxygen atoms in total. The molecule has 0 amide bonds. The first-order chi connectivity index (χ1) is 11.0. The zero-order valence-electron chi connectivity index (χ0n) is 14.1. The quantitative estimate of drug-likeness (QED) is 0.738. The molecule has 0 saturated heterocycles. The summed E-state index contributed by atoms with van der Waals surface area (Å²) in [6.07, 6.45) is 7.01. The van der Waals surface area contributed by atoms with Crippen molar-refractivity contribution < 1.29 is 4.42 Å². The number of hydrogen-bond donors (Lipinski definition) is 0. The first-order valence-corrected chi connectivity index (χ1v) is 8.53. The molecule has 2 aliphatic rings. The van der Waals surface area contributed by atoms with E-state index in [0.717, 1.165) is 36.9 Å². The maximum absolute atomic E-state index is 12.3. The zero-order valence-corrected chi connectivity index (χ0v) is 14.1. The van der Waals surface area contributed by atoms with Crippen molar-refractivity contribution in [1.29, 1.82) is 0 Å². The van der Waals surface area contributed by atoms with E-state index < -0.39 is 0 Å². The predicted octanol–water partition coefficient (Wildman–Crippen LogP) is 4.26. The predicted molar refractivity (Wildman–Crippen MR) is 95.4 cm³/mol. The SMILES string of the molecule is C/C=C/c1cc2cc3c4c(c2oc1=O)CCCN4CCC3(C)C. The Bertz CT molecular complexity index is 873. The van der Waals surface area contributed by atoms with E-state index in [1.807, 2.05) is 25.1 Å². The van der Waals surface area contributed by atoms with Gasteiger partial charge >= 0.3 is 5.63 Å². The van der Waals surface area contributed by atoms with Crippen molar-refractivity contribution in [1.82, 2.24) is 0 Å². The lowest BCUT2D eigenvalue weighted by molar-refractivity contribution is 0.444. The van der Waals surface area contributed by atoms with Gasteiger partial charge in [0.1, 0.15) is 5.58 Å². The van der Waals surface area contributed by atoms with Gasteiger partial charge in [0.15, 0.2) is 0 Å². The van der Waals surface area contributed by atoms with Crippen LogP contribution in [0.25, 0.3) is 17.0 Å². The first kappa shape index (κ1) is 14.6. The summed E-state index contributed by atoms with van der Waals surface area (Å²) in [6, 6.07) is 4.24. The summed E-state index contributed by atoms with van der Waals surface area (Å²) in [5, 5.41) is 1.06. The molecule has 3 heteroatoms. The lowest BCUT2D eigenvalue weighted by Crippen LogP contribution is -2.40. The third-order valence-corrected chi connectivity index (χ3v) is 5.37. The van der Waals surface area contributed by atoms with Gasteiger partial charge in [-0.1, -0.05) is 26.0 Å². The van der Waals surface area contributed by atoms with Crippen LogP contribution in [0.2, 0.25) is 0 Å². The van der Waals surface area contributed by atoms with Crippen LogP contribution in [-0.4, -0.2) is 13.1 Å². The molecular weight excluding hydrogens is 286 g/mol. The van der Waals surface area contributed by atoms with Gasteiger partial charge in [0.05, 0.1) is 5.56 Å². The van der Waals surface area contributed by atoms with Crippen molar-refractivity contribution >= 4 is 22.7 Å². The average Bonchev–Trinajstić information content (AvgIpc) is 2.52. The second-order valence-corrected chi connectivity index (χ2v) is 7.38. The van der Waals surface area contributed by atoms with Crippen LogP contribution in [0.4, 0.5) is 5.69 Å². The van der Waals surface area contributed by atoms with E-state index in [1.54, 1.807) is 0 Å². The molecule has 0 fully saturated rings. The Labute approximate surface area is 136 Å². The Morgan fingerprint density at radius 3 is 2.87 bits per heavy atom. The smallest absolute Gasteiger partial charge is 0.343 e. The minimum atomic E-state index is -0.237. The van der Waals surface area contributed by atoms with Crippen LogP contribution in [0.1, 0.15) is 50.3 Å². The number of allylic oxidation sites excluding steroid dienone is 1. The van der Waals surface area contributed by atoms with Gasteiger partial charge in [0.25, 0.3) is 0 Å². The molecule has 0 saturated carbocycles. The number of rotatable bonds is 1. The van der Waals surface area contributed by atoms with Crippen molar-refractivity contribution in [3.8, 4) is 0 Å². The molecule has 1 aromatic heterocycles. The zero-order chi connectivity index (χ0) is 16.2. The fourth-order valence-electron chi connectivity index (χ4n) is 4.08. The van der Waals surface area contributed by atoms with E-state index in [4.69, 9.17) is 4.42 Å².